The van der Waals surface area contributed by atoms with Gasteiger partial charge < -0.3 is 4.74 Å². The highest BCUT2D eigenvalue weighted by Gasteiger charge is 2.21. The third-order valence-electron chi connectivity index (χ3n) is 2.75. The average molecular weight is 315 g/mol. The van der Waals surface area contributed by atoms with Crippen LogP contribution in [0.5, 0.6) is 0 Å². The van der Waals surface area contributed by atoms with Gasteiger partial charge in [-0.05, 0) is 19.9 Å². The summed E-state index contributed by atoms with van der Waals surface area (Å²) in [4.78, 5) is 11.3. The topological polar surface area (TPSA) is 101 Å². The molecule has 0 aliphatic rings. The number of H-pyrrole nitrogens is 1. The lowest BCUT2D eigenvalue weighted by atomic mass is 10.3. The maximum atomic E-state index is 12.2. The first-order chi connectivity index (χ1) is 9.35. The molecule has 0 radical (unpaired) electrons. The number of hydrogen-bond acceptors (Lipinski definition) is 6. The van der Waals surface area contributed by atoms with E-state index in [1.54, 1.807) is 13.8 Å². The van der Waals surface area contributed by atoms with Gasteiger partial charge in [-0.15, -0.1) is 11.3 Å². The van der Waals surface area contributed by atoms with E-state index in [1.807, 2.05) is 0 Å². The van der Waals surface area contributed by atoms with Crippen molar-refractivity contribution < 1.29 is 17.9 Å². The molecule has 108 valence electrons. The number of rotatable bonds is 4. The summed E-state index contributed by atoms with van der Waals surface area (Å²) in [6, 6.07) is 1.27. The van der Waals surface area contributed by atoms with Gasteiger partial charge in [0.05, 0.1) is 12.7 Å². The Hall–Kier alpha value is -1.87. The molecule has 0 atom stereocenters. The highest BCUT2D eigenvalue weighted by Crippen LogP contribution is 2.24. The Morgan fingerprint density at radius 1 is 1.45 bits per heavy atom. The Morgan fingerprint density at radius 3 is 2.70 bits per heavy atom. The number of thiophene rings is 1. The Kier molecular flexibility index (Phi) is 3.82. The predicted octanol–water partition coefficient (Wildman–Crippen LogP) is 1.68. The molecule has 2 N–H and O–H groups in total. The summed E-state index contributed by atoms with van der Waals surface area (Å²) in [5, 5.41) is 8.01. The largest absolute Gasteiger partial charge is 0.465 e. The van der Waals surface area contributed by atoms with E-state index >= 15 is 0 Å². The fourth-order valence-corrected chi connectivity index (χ4v) is 3.66. The minimum Gasteiger partial charge on any atom is -0.465 e. The van der Waals surface area contributed by atoms with E-state index in [1.165, 1.54) is 18.6 Å². The summed E-state index contributed by atoms with van der Waals surface area (Å²) in [6.45, 7) is 3.55. The molecule has 0 saturated heterocycles. The number of aromatic amines is 1. The van der Waals surface area contributed by atoms with Crippen LogP contribution in [-0.2, 0) is 14.8 Å². The fraction of sp³-hybridized carbons (Fsp3) is 0.273. The molecule has 0 unspecified atom stereocenters. The van der Waals surface area contributed by atoms with Crippen molar-refractivity contribution >= 4 is 33.1 Å². The number of sulfonamides is 1. The minimum absolute atomic E-state index is 0.0259. The number of ether oxygens (including phenoxy) is 1. The zero-order chi connectivity index (χ0) is 14.9. The van der Waals surface area contributed by atoms with Crippen LogP contribution < -0.4 is 4.72 Å². The zero-order valence-electron chi connectivity index (χ0n) is 11.1. The lowest BCUT2D eigenvalue weighted by Gasteiger charge is -2.03. The standard InChI is InChI=1S/C11H13N3O4S2/c1-6-7(2)12-13-10(6)14-20(16,17)9-4-8(5-19-9)11(15)18-3/h4-5H,1-3H3,(H2,12,13,14). The number of esters is 1. The zero-order valence-corrected chi connectivity index (χ0v) is 12.7. The Labute approximate surface area is 120 Å². The third kappa shape index (κ3) is 2.68. The van der Waals surface area contributed by atoms with Crippen LogP contribution in [0.1, 0.15) is 21.6 Å². The van der Waals surface area contributed by atoms with E-state index in [0.717, 1.165) is 22.6 Å². The summed E-state index contributed by atoms with van der Waals surface area (Å²) in [7, 11) is -2.53. The third-order valence-corrected chi connectivity index (χ3v) is 5.52. The van der Waals surface area contributed by atoms with Crippen molar-refractivity contribution in [3.8, 4) is 0 Å². The minimum atomic E-state index is -3.77. The number of nitrogens with one attached hydrogen (secondary N) is 2. The molecule has 0 aliphatic carbocycles. The Morgan fingerprint density at radius 2 is 2.15 bits per heavy atom. The lowest BCUT2D eigenvalue weighted by molar-refractivity contribution is 0.0601. The SMILES string of the molecule is COC(=O)c1csc(S(=O)(=O)Nc2n[nH]c(C)c2C)c1. The molecule has 2 heterocycles. The van der Waals surface area contributed by atoms with Gasteiger partial charge in [0.1, 0.15) is 4.21 Å². The number of aryl methyl sites for hydroxylation is 1. The van der Waals surface area contributed by atoms with Crippen molar-refractivity contribution in [1.29, 1.82) is 0 Å². The second-order valence-corrected chi connectivity index (χ2v) is 6.89. The van der Waals surface area contributed by atoms with Crippen molar-refractivity contribution in [2.24, 2.45) is 0 Å². The first kappa shape index (κ1) is 14.5. The van der Waals surface area contributed by atoms with Crippen LogP contribution in [0.2, 0.25) is 0 Å². The highest BCUT2D eigenvalue weighted by molar-refractivity contribution is 7.94. The summed E-state index contributed by atoms with van der Waals surface area (Å²) in [6.07, 6.45) is 0. The summed E-state index contributed by atoms with van der Waals surface area (Å²) in [5.41, 5.74) is 1.70. The fourth-order valence-electron chi connectivity index (χ4n) is 1.44. The van der Waals surface area contributed by atoms with Crippen LogP contribution in [0.15, 0.2) is 15.7 Å². The van der Waals surface area contributed by atoms with E-state index < -0.39 is 16.0 Å². The number of nitrogens with zero attached hydrogens (tertiary/aromatic N) is 1. The molecule has 0 fully saturated rings. The van der Waals surface area contributed by atoms with Crippen molar-refractivity contribution in [2.75, 3.05) is 11.8 Å². The number of hydrogen-bond donors (Lipinski definition) is 2. The molecule has 0 amide bonds. The quantitative estimate of drug-likeness (QED) is 0.836. The number of aromatic nitrogens is 2. The second kappa shape index (κ2) is 5.25. The molecular formula is C11H13N3O4S2. The molecule has 2 aromatic heterocycles. The molecule has 2 aromatic rings. The lowest BCUT2D eigenvalue weighted by Crippen LogP contribution is -2.12. The molecule has 0 spiro atoms. The van der Waals surface area contributed by atoms with E-state index in [2.05, 4.69) is 19.7 Å². The van der Waals surface area contributed by atoms with Crippen molar-refractivity contribution in [3.63, 3.8) is 0 Å². The molecule has 0 bridgehead atoms. The van der Waals surface area contributed by atoms with E-state index in [-0.39, 0.29) is 15.6 Å². The highest BCUT2D eigenvalue weighted by atomic mass is 32.2. The number of carbonyl (C=O) groups excluding carboxylic acids is 1. The Bertz CT molecular complexity index is 746. The summed E-state index contributed by atoms with van der Waals surface area (Å²) >= 11 is 0.943. The molecule has 0 aromatic carbocycles. The van der Waals surface area contributed by atoms with Gasteiger partial charge >= 0.3 is 5.97 Å². The molecule has 2 rings (SSSR count). The normalized spacial score (nSPS) is 11.3. The van der Waals surface area contributed by atoms with Gasteiger partial charge in [-0.2, -0.15) is 5.10 Å². The smallest absolute Gasteiger partial charge is 0.338 e. The van der Waals surface area contributed by atoms with Gasteiger partial charge in [0.15, 0.2) is 5.82 Å². The number of anilines is 1. The van der Waals surface area contributed by atoms with Gasteiger partial charge in [-0.3, -0.25) is 9.82 Å². The van der Waals surface area contributed by atoms with Crippen LogP contribution in [0.25, 0.3) is 0 Å². The van der Waals surface area contributed by atoms with E-state index in [9.17, 15) is 13.2 Å². The van der Waals surface area contributed by atoms with Crippen molar-refractivity contribution in [2.45, 2.75) is 18.1 Å². The van der Waals surface area contributed by atoms with Gasteiger partial charge in [0.25, 0.3) is 10.0 Å². The molecular weight excluding hydrogens is 302 g/mol. The van der Waals surface area contributed by atoms with Gasteiger partial charge in [0.2, 0.25) is 0 Å². The molecule has 7 nitrogen and oxygen atoms in total. The van der Waals surface area contributed by atoms with Gasteiger partial charge in [-0.1, -0.05) is 0 Å². The number of carbonyl (C=O) groups is 1. The van der Waals surface area contributed by atoms with Crippen LogP contribution in [0.4, 0.5) is 5.82 Å². The summed E-state index contributed by atoms with van der Waals surface area (Å²) in [5.74, 6) is -0.329. The van der Waals surface area contributed by atoms with Crippen LogP contribution >= 0.6 is 11.3 Å². The molecule has 0 aliphatic heterocycles. The average Bonchev–Trinajstić information content (AvgIpc) is 3.01. The molecule has 0 saturated carbocycles. The van der Waals surface area contributed by atoms with Crippen molar-refractivity contribution in [1.82, 2.24) is 10.2 Å². The Balaban J connectivity index is 2.29. The maximum absolute atomic E-state index is 12.2. The summed E-state index contributed by atoms with van der Waals surface area (Å²) < 4.78 is 31.3. The predicted molar refractivity (Wildman–Crippen MR) is 74.5 cm³/mol. The van der Waals surface area contributed by atoms with Crippen LogP contribution in [0.3, 0.4) is 0 Å². The molecule has 9 heteroatoms. The monoisotopic (exact) mass is 315 g/mol. The van der Waals surface area contributed by atoms with Gasteiger partial charge in [0, 0.05) is 16.6 Å². The van der Waals surface area contributed by atoms with Crippen LogP contribution in [-0.4, -0.2) is 31.7 Å². The number of methoxy groups -OCH3 is 1. The maximum Gasteiger partial charge on any atom is 0.338 e. The first-order valence-electron chi connectivity index (χ1n) is 5.56. The molecule has 20 heavy (non-hydrogen) atoms. The van der Waals surface area contributed by atoms with Gasteiger partial charge in [-0.25, -0.2) is 13.2 Å². The second-order valence-electron chi connectivity index (χ2n) is 4.07. The van der Waals surface area contributed by atoms with E-state index in [0.29, 0.717) is 0 Å². The first-order valence-corrected chi connectivity index (χ1v) is 7.92. The van der Waals surface area contributed by atoms with Crippen LogP contribution in [0, 0.1) is 13.8 Å². The van der Waals surface area contributed by atoms with E-state index in [4.69, 9.17) is 0 Å². The van der Waals surface area contributed by atoms with Crippen molar-refractivity contribution in [3.05, 3.63) is 28.3 Å².